The second-order valence-corrected chi connectivity index (χ2v) is 6.54. The highest BCUT2D eigenvalue weighted by atomic mass is 35.5. The molecule has 0 saturated carbocycles. The molecule has 0 aliphatic rings. The molecule has 4 N–H and O–H groups in total. The van der Waals surface area contributed by atoms with Crippen LogP contribution in [0.5, 0.6) is 0 Å². The van der Waals surface area contributed by atoms with Crippen molar-refractivity contribution < 1.29 is 18.0 Å². The Balaban J connectivity index is 1.66. The molecule has 3 aromatic rings. The monoisotopic (exact) mass is 420 g/mol. The summed E-state index contributed by atoms with van der Waals surface area (Å²) < 4.78 is 38.7. The number of aromatic nitrogens is 1. The molecule has 0 radical (unpaired) electrons. The van der Waals surface area contributed by atoms with E-state index in [0.717, 1.165) is 28.8 Å². The standard InChI is InChI=1S/C20H16ClF3N4O/c21-17-7-6-14(10-16(17)20(22,23)24)28-19(29)27-11-12-3-1-4-13(9-12)15-5-2-8-26-18(15)25/h1-10H,11H2,(H2,25,26)(H2,27,28,29). The molecule has 150 valence electrons. The lowest BCUT2D eigenvalue weighted by molar-refractivity contribution is -0.137. The molecule has 1 heterocycles. The van der Waals surface area contributed by atoms with Crippen molar-refractivity contribution in [1.29, 1.82) is 0 Å². The highest BCUT2D eigenvalue weighted by Gasteiger charge is 2.33. The van der Waals surface area contributed by atoms with E-state index >= 15 is 0 Å². The second kappa shape index (κ2) is 8.40. The first-order chi connectivity index (χ1) is 13.7. The molecule has 5 nitrogen and oxygen atoms in total. The number of nitrogens with one attached hydrogen (secondary N) is 2. The molecular formula is C20H16ClF3N4O. The first-order valence-corrected chi connectivity index (χ1v) is 8.83. The van der Waals surface area contributed by atoms with Crippen molar-refractivity contribution in [2.45, 2.75) is 12.7 Å². The molecule has 0 atom stereocenters. The minimum absolute atomic E-state index is 0.0175. The van der Waals surface area contributed by atoms with Gasteiger partial charge >= 0.3 is 12.2 Å². The molecule has 2 amide bonds. The van der Waals surface area contributed by atoms with Crippen LogP contribution in [0, 0.1) is 0 Å². The van der Waals surface area contributed by atoms with Gasteiger partial charge in [0.05, 0.1) is 10.6 Å². The molecular weight excluding hydrogens is 405 g/mol. The Morgan fingerprint density at radius 1 is 1.10 bits per heavy atom. The van der Waals surface area contributed by atoms with Crippen molar-refractivity contribution in [3.8, 4) is 11.1 Å². The van der Waals surface area contributed by atoms with Crippen LogP contribution in [-0.2, 0) is 12.7 Å². The van der Waals surface area contributed by atoms with Crippen molar-refractivity contribution in [2.24, 2.45) is 0 Å². The van der Waals surface area contributed by atoms with Crippen molar-refractivity contribution in [2.75, 3.05) is 11.1 Å². The molecule has 0 fully saturated rings. The topological polar surface area (TPSA) is 80.0 Å². The van der Waals surface area contributed by atoms with Gasteiger partial charge in [-0.05, 0) is 47.5 Å². The van der Waals surface area contributed by atoms with E-state index in [9.17, 15) is 18.0 Å². The zero-order valence-corrected chi connectivity index (χ0v) is 15.7. The Morgan fingerprint density at radius 2 is 1.90 bits per heavy atom. The Morgan fingerprint density at radius 3 is 2.62 bits per heavy atom. The zero-order chi connectivity index (χ0) is 21.0. The van der Waals surface area contributed by atoms with Crippen molar-refractivity contribution in [1.82, 2.24) is 10.3 Å². The maximum atomic E-state index is 12.9. The van der Waals surface area contributed by atoms with Crippen LogP contribution < -0.4 is 16.4 Å². The number of pyridine rings is 1. The third kappa shape index (κ3) is 5.17. The molecule has 0 spiro atoms. The van der Waals surface area contributed by atoms with Gasteiger partial charge in [0, 0.05) is 24.0 Å². The number of nitrogens with two attached hydrogens (primary N) is 1. The summed E-state index contributed by atoms with van der Waals surface area (Å²) in [6.07, 6.45) is -3.02. The van der Waals surface area contributed by atoms with E-state index in [2.05, 4.69) is 15.6 Å². The number of hydrogen-bond donors (Lipinski definition) is 3. The molecule has 0 unspecified atom stereocenters. The highest BCUT2D eigenvalue weighted by molar-refractivity contribution is 6.31. The number of hydrogen-bond acceptors (Lipinski definition) is 3. The smallest absolute Gasteiger partial charge is 0.383 e. The number of urea groups is 1. The van der Waals surface area contributed by atoms with Crippen LogP contribution in [0.2, 0.25) is 5.02 Å². The van der Waals surface area contributed by atoms with Crippen molar-refractivity contribution >= 4 is 29.1 Å². The van der Waals surface area contributed by atoms with Crippen molar-refractivity contribution in [3.63, 3.8) is 0 Å². The largest absolute Gasteiger partial charge is 0.417 e. The number of carbonyl (C=O) groups is 1. The Kier molecular flexibility index (Phi) is 5.93. The maximum absolute atomic E-state index is 12.9. The summed E-state index contributed by atoms with van der Waals surface area (Å²) in [5.41, 5.74) is 7.24. The Bertz CT molecular complexity index is 1040. The second-order valence-electron chi connectivity index (χ2n) is 6.14. The van der Waals surface area contributed by atoms with Crippen LogP contribution in [-0.4, -0.2) is 11.0 Å². The lowest BCUT2D eigenvalue weighted by atomic mass is 10.0. The number of halogens is 4. The number of rotatable bonds is 4. The van der Waals surface area contributed by atoms with E-state index in [1.54, 1.807) is 18.3 Å². The van der Waals surface area contributed by atoms with E-state index in [4.69, 9.17) is 17.3 Å². The van der Waals surface area contributed by atoms with Crippen LogP contribution in [0.4, 0.5) is 29.5 Å². The first-order valence-electron chi connectivity index (χ1n) is 8.45. The first kappa shape index (κ1) is 20.5. The Hall–Kier alpha value is -3.26. The highest BCUT2D eigenvalue weighted by Crippen LogP contribution is 2.36. The maximum Gasteiger partial charge on any atom is 0.417 e. The fraction of sp³-hybridized carbons (Fsp3) is 0.100. The summed E-state index contributed by atoms with van der Waals surface area (Å²) in [4.78, 5) is 16.1. The van der Waals surface area contributed by atoms with E-state index < -0.39 is 22.8 Å². The van der Waals surface area contributed by atoms with Crippen LogP contribution in [0.25, 0.3) is 11.1 Å². The molecule has 2 aromatic carbocycles. The lowest BCUT2D eigenvalue weighted by Gasteiger charge is -2.13. The SMILES string of the molecule is Nc1ncccc1-c1cccc(CNC(=O)Nc2ccc(Cl)c(C(F)(F)F)c2)c1. The van der Waals surface area contributed by atoms with Gasteiger partial charge in [0.15, 0.2) is 0 Å². The van der Waals surface area contributed by atoms with Gasteiger partial charge in [0.1, 0.15) is 5.82 Å². The molecule has 9 heteroatoms. The predicted octanol–water partition coefficient (Wildman–Crippen LogP) is 5.32. The number of nitrogen functional groups attached to an aromatic ring is 1. The normalized spacial score (nSPS) is 11.2. The van der Waals surface area contributed by atoms with Gasteiger partial charge in [-0.1, -0.05) is 29.8 Å². The fourth-order valence-electron chi connectivity index (χ4n) is 2.69. The molecule has 0 aliphatic carbocycles. The van der Waals surface area contributed by atoms with Crippen molar-refractivity contribution in [3.05, 3.63) is 76.9 Å². The minimum Gasteiger partial charge on any atom is -0.383 e. The number of carbonyl (C=O) groups excluding carboxylic acids is 1. The number of nitrogens with zero attached hydrogens (tertiary/aromatic N) is 1. The van der Waals surface area contributed by atoms with Gasteiger partial charge in [0.2, 0.25) is 0 Å². The van der Waals surface area contributed by atoms with Gasteiger partial charge in [0.25, 0.3) is 0 Å². The molecule has 0 bridgehead atoms. The van der Waals surface area contributed by atoms with Gasteiger partial charge in [-0.3, -0.25) is 0 Å². The summed E-state index contributed by atoms with van der Waals surface area (Å²) in [6.45, 7) is 0.166. The van der Waals surface area contributed by atoms with Gasteiger partial charge in [-0.2, -0.15) is 13.2 Å². The van der Waals surface area contributed by atoms with E-state index in [-0.39, 0.29) is 12.2 Å². The van der Waals surface area contributed by atoms with E-state index in [0.29, 0.717) is 5.82 Å². The number of anilines is 2. The number of amides is 2. The van der Waals surface area contributed by atoms with Crippen LogP contribution >= 0.6 is 11.6 Å². The van der Waals surface area contributed by atoms with E-state index in [1.165, 1.54) is 6.07 Å². The summed E-state index contributed by atoms with van der Waals surface area (Å²) in [7, 11) is 0. The molecule has 3 rings (SSSR count). The van der Waals surface area contributed by atoms with Gasteiger partial charge in [-0.15, -0.1) is 0 Å². The van der Waals surface area contributed by atoms with Crippen LogP contribution in [0.15, 0.2) is 60.8 Å². The third-order valence-electron chi connectivity index (χ3n) is 4.06. The quantitative estimate of drug-likeness (QED) is 0.534. The van der Waals surface area contributed by atoms with E-state index in [1.807, 2.05) is 24.3 Å². The molecule has 1 aromatic heterocycles. The summed E-state index contributed by atoms with van der Waals surface area (Å²) >= 11 is 5.57. The number of benzene rings is 2. The predicted molar refractivity (Wildman–Crippen MR) is 106 cm³/mol. The lowest BCUT2D eigenvalue weighted by Crippen LogP contribution is -2.28. The summed E-state index contributed by atoms with van der Waals surface area (Å²) in [5, 5.41) is 4.54. The zero-order valence-electron chi connectivity index (χ0n) is 14.9. The van der Waals surface area contributed by atoms with Gasteiger partial charge < -0.3 is 16.4 Å². The van der Waals surface area contributed by atoms with Crippen LogP contribution in [0.3, 0.4) is 0 Å². The molecule has 29 heavy (non-hydrogen) atoms. The summed E-state index contributed by atoms with van der Waals surface area (Å²) in [5.74, 6) is 0.388. The van der Waals surface area contributed by atoms with Gasteiger partial charge in [-0.25, -0.2) is 9.78 Å². The molecule has 0 aliphatic heterocycles. The average molecular weight is 421 g/mol. The molecule has 0 saturated heterocycles. The Labute approximate surface area is 169 Å². The van der Waals surface area contributed by atoms with Crippen LogP contribution in [0.1, 0.15) is 11.1 Å². The number of alkyl halides is 3. The average Bonchev–Trinajstić information content (AvgIpc) is 2.67. The minimum atomic E-state index is -4.61. The third-order valence-corrected chi connectivity index (χ3v) is 4.39. The summed E-state index contributed by atoms with van der Waals surface area (Å²) in [6, 6.07) is 13.4. The fourth-order valence-corrected chi connectivity index (χ4v) is 2.91.